The van der Waals surface area contributed by atoms with Gasteiger partial charge in [0.05, 0.1) is 6.54 Å². The predicted molar refractivity (Wildman–Crippen MR) is 69.9 cm³/mol. The van der Waals surface area contributed by atoms with Crippen LogP contribution in [0, 0.1) is 5.41 Å². The molecule has 1 aromatic rings. The Morgan fingerprint density at radius 1 is 1.39 bits per heavy atom. The van der Waals surface area contributed by atoms with Crippen molar-refractivity contribution in [2.24, 2.45) is 5.41 Å². The number of carbonyl (C=O) groups is 1. The summed E-state index contributed by atoms with van der Waals surface area (Å²) in [6.07, 6.45) is 6.92. The second-order valence-corrected chi connectivity index (χ2v) is 6.58. The number of hydrogen-bond donors (Lipinski definition) is 1. The van der Waals surface area contributed by atoms with E-state index in [4.69, 9.17) is 5.11 Å². The minimum Gasteiger partial charge on any atom is -0.476 e. The van der Waals surface area contributed by atoms with E-state index >= 15 is 0 Å². The van der Waals surface area contributed by atoms with Crippen LogP contribution < -0.4 is 0 Å². The fraction of sp³-hybridized carbons (Fsp3) is 0.692. The zero-order valence-corrected chi connectivity index (χ0v) is 11.2. The number of carboxylic acid groups (broad SMARTS) is 1. The molecule has 0 radical (unpaired) electrons. The van der Waals surface area contributed by atoms with E-state index in [1.54, 1.807) is 5.38 Å². The molecule has 0 unspecified atom stereocenters. The van der Waals surface area contributed by atoms with E-state index in [9.17, 15) is 4.79 Å². The third-order valence-electron chi connectivity index (χ3n) is 4.16. The maximum Gasteiger partial charge on any atom is 0.355 e. The zero-order valence-electron chi connectivity index (χ0n) is 10.4. The molecule has 0 amide bonds. The van der Waals surface area contributed by atoms with Gasteiger partial charge in [0.1, 0.15) is 5.01 Å². The van der Waals surface area contributed by atoms with Crippen molar-refractivity contribution in [3.05, 3.63) is 16.1 Å². The van der Waals surface area contributed by atoms with Gasteiger partial charge in [0, 0.05) is 18.5 Å². The van der Waals surface area contributed by atoms with Gasteiger partial charge >= 0.3 is 5.97 Å². The molecule has 1 N–H and O–H groups in total. The second kappa shape index (κ2) is 4.63. The normalized spacial score (nSPS) is 22.9. The maximum absolute atomic E-state index is 10.8. The van der Waals surface area contributed by atoms with Gasteiger partial charge in [-0.3, -0.25) is 4.90 Å². The van der Waals surface area contributed by atoms with Crippen LogP contribution in [0.15, 0.2) is 5.38 Å². The molecule has 0 atom stereocenters. The van der Waals surface area contributed by atoms with E-state index in [2.05, 4.69) is 9.88 Å². The van der Waals surface area contributed by atoms with Gasteiger partial charge < -0.3 is 5.11 Å². The number of thiazole rings is 1. The van der Waals surface area contributed by atoms with Gasteiger partial charge in [-0.05, 0) is 18.3 Å². The fourth-order valence-electron chi connectivity index (χ4n) is 3.31. The van der Waals surface area contributed by atoms with Crippen molar-refractivity contribution >= 4 is 17.3 Å². The molecule has 1 aliphatic heterocycles. The van der Waals surface area contributed by atoms with E-state index in [0.717, 1.165) is 11.6 Å². The lowest BCUT2D eigenvalue weighted by atomic mass is 9.69. The second-order valence-electron chi connectivity index (χ2n) is 5.64. The summed E-state index contributed by atoms with van der Waals surface area (Å²) in [7, 11) is 0. The Labute approximate surface area is 111 Å². The first-order chi connectivity index (χ1) is 8.67. The standard InChI is InChI=1S/C13H18N2O2S/c16-12(17)10-7-18-11(14-10)6-15-8-13(9-15)4-2-1-3-5-13/h7H,1-6,8-9H2,(H,16,17). The highest BCUT2D eigenvalue weighted by molar-refractivity contribution is 7.09. The molecule has 4 nitrogen and oxygen atoms in total. The quantitative estimate of drug-likeness (QED) is 0.913. The SMILES string of the molecule is O=C(O)c1csc(CN2CC3(CCCCC3)C2)n1. The average Bonchev–Trinajstić information content (AvgIpc) is 2.77. The number of aromatic carboxylic acids is 1. The van der Waals surface area contributed by atoms with Crippen LogP contribution in [0.5, 0.6) is 0 Å². The Hall–Kier alpha value is -0.940. The molecule has 5 heteroatoms. The van der Waals surface area contributed by atoms with Crippen LogP contribution in [0.3, 0.4) is 0 Å². The molecule has 2 aliphatic rings. The molecule has 2 heterocycles. The number of carboxylic acids is 1. The summed E-state index contributed by atoms with van der Waals surface area (Å²) in [5.74, 6) is -0.926. The number of nitrogens with zero attached hydrogens (tertiary/aromatic N) is 2. The molecular weight excluding hydrogens is 248 g/mol. The van der Waals surface area contributed by atoms with Gasteiger partial charge in [-0.15, -0.1) is 11.3 Å². The van der Waals surface area contributed by atoms with Crippen LogP contribution in [0.25, 0.3) is 0 Å². The summed E-state index contributed by atoms with van der Waals surface area (Å²) < 4.78 is 0. The molecule has 1 saturated heterocycles. The molecule has 1 aliphatic carbocycles. The van der Waals surface area contributed by atoms with Gasteiger partial charge in [0.25, 0.3) is 0 Å². The van der Waals surface area contributed by atoms with E-state index < -0.39 is 5.97 Å². The molecule has 1 aromatic heterocycles. The topological polar surface area (TPSA) is 53.4 Å². The molecule has 3 rings (SSSR count). The van der Waals surface area contributed by atoms with Crippen LogP contribution in [0.2, 0.25) is 0 Å². The Kier molecular flexibility index (Phi) is 3.11. The van der Waals surface area contributed by atoms with Gasteiger partial charge in [-0.1, -0.05) is 19.3 Å². The molecular formula is C13H18N2O2S. The van der Waals surface area contributed by atoms with E-state index in [0.29, 0.717) is 5.41 Å². The van der Waals surface area contributed by atoms with Crippen molar-refractivity contribution in [3.63, 3.8) is 0 Å². The van der Waals surface area contributed by atoms with Gasteiger partial charge in [0.2, 0.25) is 0 Å². The first-order valence-corrected chi connectivity index (χ1v) is 7.45. The Morgan fingerprint density at radius 2 is 2.11 bits per heavy atom. The van der Waals surface area contributed by atoms with Crippen molar-refractivity contribution < 1.29 is 9.90 Å². The third-order valence-corrected chi connectivity index (χ3v) is 5.00. The Bertz CT molecular complexity index is 444. The number of likely N-dealkylation sites (tertiary alicyclic amines) is 1. The average molecular weight is 266 g/mol. The molecule has 0 bridgehead atoms. The number of aromatic nitrogens is 1. The van der Waals surface area contributed by atoms with Crippen LogP contribution in [-0.4, -0.2) is 34.0 Å². The maximum atomic E-state index is 10.8. The molecule has 1 spiro atoms. The zero-order chi connectivity index (χ0) is 12.6. The predicted octanol–water partition coefficient (Wildman–Crippen LogP) is 2.61. The van der Waals surface area contributed by atoms with E-state index in [-0.39, 0.29) is 5.69 Å². The molecule has 1 saturated carbocycles. The van der Waals surface area contributed by atoms with Crippen LogP contribution in [0.1, 0.15) is 47.6 Å². The summed E-state index contributed by atoms with van der Waals surface area (Å²) in [5, 5.41) is 11.4. The fourth-order valence-corrected chi connectivity index (χ4v) is 4.11. The number of rotatable bonds is 3. The van der Waals surface area contributed by atoms with Crippen LogP contribution in [0.4, 0.5) is 0 Å². The summed E-state index contributed by atoms with van der Waals surface area (Å²) >= 11 is 1.46. The molecule has 18 heavy (non-hydrogen) atoms. The third kappa shape index (κ3) is 2.29. The lowest BCUT2D eigenvalue weighted by molar-refractivity contribution is -0.0333. The van der Waals surface area contributed by atoms with E-state index in [1.165, 1.54) is 56.5 Å². The Morgan fingerprint density at radius 3 is 2.72 bits per heavy atom. The smallest absolute Gasteiger partial charge is 0.355 e. The van der Waals surface area contributed by atoms with E-state index in [1.807, 2.05) is 0 Å². The highest BCUT2D eigenvalue weighted by Gasteiger charge is 2.43. The van der Waals surface area contributed by atoms with Crippen LogP contribution >= 0.6 is 11.3 Å². The lowest BCUT2D eigenvalue weighted by Crippen LogP contribution is -2.56. The summed E-state index contributed by atoms with van der Waals surface area (Å²) in [6.45, 7) is 3.17. The van der Waals surface area contributed by atoms with Crippen molar-refractivity contribution in [2.75, 3.05) is 13.1 Å². The summed E-state index contributed by atoms with van der Waals surface area (Å²) in [4.78, 5) is 17.3. The van der Waals surface area contributed by atoms with Crippen molar-refractivity contribution in [1.82, 2.24) is 9.88 Å². The van der Waals surface area contributed by atoms with Crippen molar-refractivity contribution in [2.45, 2.75) is 38.6 Å². The first kappa shape index (κ1) is 12.1. The van der Waals surface area contributed by atoms with Gasteiger partial charge in [-0.2, -0.15) is 0 Å². The summed E-state index contributed by atoms with van der Waals surface area (Å²) in [6, 6.07) is 0. The molecule has 0 aromatic carbocycles. The van der Waals surface area contributed by atoms with Gasteiger partial charge in [0.15, 0.2) is 5.69 Å². The van der Waals surface area contributed by atoms with Crippen LogP contribution in [-0.2, 0) is 6.54 Å². The minimum atomic E-state index is -0.926. The Balaban J connectivity index is 1.54. The van der Waals surface area contributed by atoms with Crippen molar-refractivity contribution in [3.8, 4) is 0 Å². The summed E-state index contributed by atoms with van der Waals surface area (Å²) in [5.41, 5.74) is 0.772. The minimum absolute atomic E-state index is 0.183. The lowest BCUT2D eigenvalue weighted by Gasteiger charge is -2.52. The van der Waals surface area contributed by atoms with Crippen molar-refractivity contribution in [1.29, 1.82) is 0 Å². The molecule has 2 fully saturated rings. The highest BCUT2D eigenvalue weighted by atomic mass is 32.1. The first-order valence-electron chi connectivity index (χ1n) is 6.57. The molecule has 98 valence electrons. The highest BCUT2D eigenvalue weighted by Crippen LogP contribution is 2.44. The number of hydrogen-bond acceptors (Lipinski definition) is 4. The van der Waals surface area contributed by atoms with Gasteiger partial charge in [-0.25, -0.2) is 9.78 Å². The largest absolute Gasteiger partial charge is 0.476 e. The monoisotopic (exact) mass is 266 g/mol.